The van der Waals surface area contributed by atoms with Crippen LogP contribution in [0, 0.1) is 0 Å². The smallest absolute Gasteiger partial charge is 0.331 e. The molecule has 0 aromatic rings. The summed E-state index contributed by atoms with van der Waals surface area (Å²) < 4.78 is 0. The standard InChI is InChI=1S/C12H22O4Si/c1-4-17(5-2,6-3)8-7-10(12(15)16)9-11(13)14/h9H,4-8H2,1-3H3,(H,13,14)(H,15,16)/b10-9+. The summed E-state index contributed by atoms with van der Waals surface area (Å²) in [7, 11) is -1.37. The Labute approximate surface area is 103 Å². The first-order valence-electron chi connectivity index (χ1n) is 6.07. The van der Waals surface area contributed by atoms with Crippen molar-refractivity contribution in [2.45, 2.75) is 51.4 Å². The summed E-state index contributed by atoms with van der Waals surface area (Å²) in [4.78, 5) is 21.4. The quantitative estimate of drug-likeness (QED) is 0.518. The van der Waals surface area contributed by atoms with E-state index >= 15 is 0 Å². The third kappa shape index (κ3) is 5.17. The molecule has 0 amide bonds. The molecule has 0 aliphatic carbocycles. The van der Waals surface area contributed by atoms with E-state index in [-0.39, 0.29) is 5.57 Å². The van der Waals surface area contributed by atoms with Crippen LogP contribution in [0.15, 0.2) is 11.6 Å². The minimum absolute atomic E-state index is 0.0183. The monoisotopic (exact) mass is 258 g/mol. The first-order chi connectivity index (χ1) is 7.90. The molecule has 0 saturated heterocycles. The van der Waals surface area contributed by atoms with Crippen LogP contribution < -0.4 is 0 Å². The van der Waals surface area contributed by atoms with Crippen molar-refractivity contribution in [3.05, 3.63) is 11.6 Å². The predicted octanol–water partition coefficient (Wildman–Crippen LogP) is 2.98. The van der Waals surface area contributed by atoms with Gasteiger partial charge in [0.1, 0.15) is 0 Å². The molecule has 0 aromatic heterocycles. The summed E-state index contributed by atoms with van der Waals surface area (Å²) in [5, 5.41) is 17.5. The molecular weight excluding hydrogens is 236 g/mol. The molecule has 0 atom stereocenters. The summed E-state index contributed by atoms with van der Waals surface area (Å²) in [6.45, 7) is 6.46. The highest BCUT2D eigenvalue weighted by molar-refractivity contribution is 6.79. The van der Waals surface area contributed by atoms with Crippen LogP contribution in [0.1, 0.15) is 27.2 Å². The van der Waals surface area contributed by atoms with Crippen molar-refractivity contribution in [1.29, 1.82) is 0 Å². The van der Waals surface area contributed by atoms with E-state index in [0.717, 1.165) is 30.3 Å². The molecule has 0 aromatic carbocycles. The topological polar surface area (TPSA) is 74.6 Å². The average Bonchev–Trinajstić information content (AvgIpc) is 2.29. The van der Waals surface area contributed by atoms with E-state index in [2.05, 4.69) is 20.8 Å². The Bertz CT molecular complexity index is 297. The molecule has 0 heterocycles. The second-order valence-corrected chi connectivity index (χ2v) is 9.99. The van der Waals surface area contributed by atoms with Gasteiger partial charge in [0.25, 0.3) is 0 Å². The first kappa shape index (κ1) is 15.9. The fourth-order valence-electron chi connectivity index (χ4n) is 2.07. The highest BCUT2D eigenvalue weighted by Crippen LogP contribution is 2.28. The minimum atomic E-state index is -1.37. The Morgan fingerprint density at radius 1 is 1.06 bits per heavy atom. The van der Waals surface area contributed by atoms with Crippen LogP contribution >= 0.6 is 0 Å². The van der Waals surface area contributed by atoms with Crippen molar-refractivity contribution in [2.75, 3.05) is 0 Å². The molecule has 0 aliphatic heterocycles. The van der Waals surface area contributed by atoms with Crippen LogP contribution in [-0.4, -0.2) is 30.2 Å². The molecule has 0 spiro atoms. The van der Waals surface area contributed by atoms with E-state index < -0.39 is 20.0 Å². The normalized spacial score (nSPS) is 12.5. The van der Waals surface area contributed by atoms with Gasteiger partial charge in [0.15, 0.2) is 0 Å². The lowest BCUT2D eigenvalue weighted by atomic mass is 10.2. The number of carboxylic acid groups (broad SMARTS) is 2. The summed E-state index contributed by atoms with van der Waals surface area (Å²) in [6, 6.07) is 4.24. The van der Waals surface area contributed by atoms with E-state index in [1.54, 1.807) is 0 Å². The van der Waals surface area contributed by atoms with Gasteiger partial charge in [-0.1, -0.05) is 44.9 Å². The van der Waals surface area contributed by atoms with Crippen LogP contribution in [0.3, 0.4) is 0 Å². The number of aliphatic carboxylic acids is 2. The van der Waals surface area contributed by atoms with Crippen molar-refractivity contribution in [3.8, 4) is 0 Å². The van der Waals surface area contributed by atoms with Gasteiger partial charge in [0.2, 0.25) is 0 Å². The predicted molar refractivity (Wildman–Crippen MR) is 70.0 cm³/mol. The molecule has 0 fully saturated rings. The second kappa shape index (κ2) is 7.27. The lowest BCUT2D eigenvalue weighted by molar-refractivity contribution is -0.135. The number of hydrogen-bond acceptors (Lipinski definition) is 2. The molecule has 17 heavy (non-hydrogen) atoms. The van der Waals surface area contributed by atoms with Crippen molar-refractivity contribution in [1.82, 2.24) is 0 Å². The van der Waals surface area contributed by atoms with Gasteiger partial charge in [0, 0.05) is 11.6 Å². The summed E-state index contributed by atoms with van der Waals surface area (Å²) in [5.41, 5.74) is 0.0183. The first-order valence-corrected chi connectivity index (χ1v) is 8.90. The zero-order chi connectivity index (χ0) is 13.5. The average molecular weight is 258 g/mol. The highest BCUT2D eigenvalue weighted by Gasteiger charge is 2.27. The SMILES string of the molecule is CC[Si](CC)(CC)CC/C(=C\C(=O)O)C(=O)O. The minimum Gasteiger partial charge on any atom is -0.478 e. The molecule has 4 nitrogen and oxygen atoms in total. The number of rotatable bonds is 8. The molecule has 0 radical (unpaired) electrons. The maximum Gasteiger partial charge on any atom is 0.331 e. The van der Waals surface area contributed by atoms with Crippen LogP contribution in [0.25, 0.3) is 0 Å². The van der Waals surface area contributed by atoms with E-state index in [9.17, 15) is 9.59 Å². The van der Waals surface area contributed by atoms with Crippen molar-refractivity contribution < 1.29 is 19.8 Å². The summed E-state index contributed by atoms with van der Waals surface area (Å²) in [5.74, 6) is -2.29. The van der Waals surface area contributed by atoms with Gasteiger partial charge < -0.3 is 10.2 Å². The van der Waals surface area contributed by atoms with Gasteiger partial charge in [-0.15, -0.1) is 0 Å². The van der Waals surface area contributed by atoms with Gasteiger partial charge in [-0.25, -0.2) is 9.59 Å². The van der Waals surface area contributed by atoms with Gasteiger partial charge in [-0.2, -0.15) is 0 Å². The van der Waals surface area contributed by atoms with Crippen molar-refractivity contribution >= 4 is 20.0 Å². The molecule has 0 unspecified atom stereocenters. The van der Waals surface area contributed by atoms with Crippen LogP contribution in [0.4, 0.5) is 0 Å². The molecule has 0 aliphatic rings. The Kier molecular flexibility index (Phi) is 6.80. The van der Waals surface area contributed by atoms with Crippen LogP contribution in [0.2, 0.25) is 24.2 Å². The molecule has 0 saturated carbocycles. The lowest BCUT2D eigenvalue weighted by Gasteiger charge is -2.28. The molecule has 5 heteroatoms. The third-order valence-electron chi connectivity index (χ3n) is 3.75. The number of carboxylic acids is 2. The number of carbonyl (C=O) groups is 2. The third-order valence-corrected chi connectivity index (χ3v) is 9.56. The molecule has 0 bridgehead atoms. The van der Waals surface area contributed by atoms with Gasteiger partial charge in [-0.05, 0) is 6.42 Å². The maximum absolute atomic E-state index is 10.9. The van der Waals surface area contributed by atoms with E-state index in [4.69, 9.17) is 10.2 Å². The second-order valence-electron chi connectivity index (χ2n) is 4.37. The van der Waals surface area contributed by atoms with Crippen molar-refractivity contribution in [2.24, 2.45) is 0 Å². The molecule has 0 rings (SSSR count). The van der Waals surface area contributed by atoms with Crippen LogP contribution in [-0.2, 0) is 9.59 Å². The zero-order valence-corrected chi connectivity index (χ0v) is 11.8. The summed E-state index contributed by atoms with van der Waals surface area (Å²) in [6.07, 6.45) is 1.20. The fourth-order valence-corrected chi connectivity index (χ4v) is 5.43. The highest BCUT2D eigenvalue weighted by atomic mass is 28.3. The van der Waals surface area contributed by atoms with Gasteiger partial charge >= 0.3 is 11.9 Å². The van der Waals surface area contributed by atoms with Crippen molar-refractivity contribution in [3.63, 3.8) is 0 Å². The Morgan fingerprint density at radius 2 is 1.53 bits per heavy atom. The van der Waals surface area contributed by atoms with Crippen LogP contribution in [0.5, 0.6) is 0 Å². The van der Waals surface area contributed by atoms with E-state index in [1.165, 1.54) is 0 Å². The Hall–Kier alpha value is -1.10. The fraction of sp³-hybridized carbons (Fsp3) is 0.667. The van der Waals surface area contributed by atoms with E-state index in [1.807, 2.05) is 0 Å². The zero-order valence-electron chi connectivity index (χ0n) is 10.8. The summed E-state index contributed by atoms with van der Waals surface area (Å²) >= 11 is 0. The largest absolute Gasteiger partial charge is 0.478 e. The van der Waals surface area contributed by atoms with E-state index in [0.29, 0.717) is 6.42 Å². The van der Waals surface area contributed by atoms with Gasteiger partial charge in [-0.3, -0.25) is 0 Å². The number of hydrogen-bond donors (Lipinski definition) is 2. The van der Waals surface area contributed by atoms with Gasteiger partial charge in [0.05, 0.1) is 8.07 Å². The molecule has 98 valence electrons. The maximum atomic E-state index is 10.9. The molecular formula is C12H22O4Si. The molecule has 2 N–H and O–H groups in total. The lowest BCUT2D eigenvalue weighted by Crippen LogP contribution is -2.31. The Morgan fingerprint density at radius 3 is 1.82 bits per heavy atom. The Balaban J connectivity index is 4.70.